The molecule has 0 aliphatic carbocycles. The van der Waals surface area contributed by atoms with Gasteiger partial charge in [0.05, 0.1) is 25.9 Å². The van der Waals surface area contributed by atoms with Gasteiger partial charge in [-0.2, -0.15) is 5.10 Å². The van der Waals surface area contributed by atoms with Crippen LogP contribution in [0.1, 0.15) is 24.8 Å². The highest BCUT2D eigenvalue weighted by Crippen LogP contribution is 2.15. The van der Waals surface area contributed by atoms with E-state index >= 15 is 0 Å². The fourth-order valence-corrected chi connectivity index (χ4v) is 2.96. The predicted octanol–water partition coefficient (Wildman–Crippen LogP) is 1.67. The lowest BCUT2D eigenvalue weighted by atomic mass is 10.1. The zero-order valence-corrected chi connectivity index (χ0v) is 17.3. The third-order valence-corrected chi connectivity index (χ3v) is 4.65. The van der Waals surface area contributed by atoms with Gasteiger partial charge in [0.25, 0.3) is 5.91 Å². The first-order chi connectivity index (χ1) is 15.0. The number of hydrazine groups is 1. The lowest BCUT2D eigenvalue weighted by molar-refractivity contribution is -0.133. The molecule has 0 saturated heterocycles. The van der Waals surface area contributed by atoms with Gasteiger partial charge in [0.15, 0.2) is 0 Å². The summed E-state index contributed by atoms with van der Waals surface area (Å²) in [6.45, 7) is 0.481. The number of hydrogen-bond donors (Lipinski definition) is 3. The molecule has 1 aliphatic heterocycles. The van der Waals surface area contributed by atoms with E-state index in [0.717, 1.165) is 17.0 Å². The van der Waals surface area contributed by atoms with Crippen LogP contribution in [0.4, 0.5) is 5.69 Å². The van der Waals surface area contributed by atoms with E-state index in [-0.39, 0.29) is 25.3 Å². The SMILES string of the molecule is COc1ccc(NCC(=O)NNC(=O)CCC(=O)N2CCC(c3ccccc3)=N2)cc1. The smallest absolute Gasteiger partial charge is 0.257 e. The molecule has 1 aliphatic rings. The van der Waals surface area contributed by atoms with Gasteiger partial charge in [-0.1, -0.05) is 30.3 Å². The van der Waals surface area contributed by atoms with Crippen LogP contribution >= 0.6 is 0 Å². The third-order valence-electron chi connectivity index (χ3n) is 4.65. The monoisotopic (exact) mass is 423 g/mol. The number of hydrazone groups is 1. The van der Waals surface area contributed by atoms with Gasteiger partial charge in [0.2, 0.25) is 11.8 Å². The second-order valence-electron chi connectivity index (χ2n) is 6.86. The summed E-state index contributed by atoms with van der Waals surface area (Å²) in [4.78, 5) is 36.1. The molecular formula is C22H25N5O4. The summed E-state index contributed by atoms with van der Waals surface area (Å²) >= 11 is 0. The van der Waals surface area contributed by atoms with Crippen molar-refractivity contribution in [2.75, 3.05) is 25.5 Å². The molecule has 0 aromatic heterocycles. The van der Waals surface area contributed by atoms with E-state index in [0.29, 0.717) is 18.7 Å². The van der Waals surface area contributed by atoms with E-state index in [4.69, 9.17) is 4.74 Å². The lowest BCUT2D eigenvalue weighted by Gasteiger charge is -2.12. The molecule has 9 nitrogen and oxygen atoms in total. The van der Waals surface area contributed by atoms with Crippen LogP contribution in [0.3, 0.4) is 0 Å². The Kier molecular flexibility index (Phi) is 7.58. The van der Waals surface area contributed by atoms with Crippen LogP contribution in [0.2, 0.25) is 0 Å². The Bertz CT molecular complexity index is 944. The molecule has 31 heavy (non-hydrogen) atoms. The largest absolute Gasteiger partial charge is 0.497 e. The van der Waals surface area contributed by atoms with Crippen LogP contribution in [0.5, 0.6) is 5.75 Å². The van der Waals surface area contributed by atoms with Crippen molar-refractivity contribution in [3.05, 3.63) is 60.2 Å². The van der Waals surface area contributed by atoms with Crippen LogP contribution in [0.25, 0.3) is 0 Å². The summed E-state index contributed by atoms with van der Waals surface area (Å²) in [6, 6.07) is 16.8. The molecule has 0 spiro atoms. The summed E-state index contributed by atoms with van der Waals surface area (Å²) in [5.41, 5.74) is 7.22. The lowest BCUT2D eigenvalue weighted by Crippen LogP contribution is -2.44. The molecule has 2 aromatic rings. The number of rotatable bonds is 8. The summed E-state index contributed by atoms with van der Waals surface area (Å²) in [5.74, 6) is -0.369. The molecule has 0 fully saturated rings. The first-order valence-corrected chi connectivity index (χ1v) is 9.94. The average Bonchev–Trinajstić information content (AvgIpc) is 3.31. The number of anilines is 1. The molecule has 2 aromatic carbocycles. The zero-order chi connectivity index (χ0) is 22.1. The topological polar surface area (TPSA) is 112 Å². The Labute approximate surface area is 180 Å². The third kappa shape index (κ3) is 6.56. The molecule has 0 atom stereocenters. The highest BCUT2D eigenvalue weighted by atomic mass is 16.5. The maximum Gasteiger partial charge on any atom is 0.257 e. The number of benzene rings is 2. The van der Waals surface area contributed by atoms with Crippen molar-refractivity contribution in [1.29, 1.82) is 0 Å². The van der Waals surface area contributed by atoms with Crippen molar-refractivity contribution in [1.82, 2.24) is 15.9 Å². The van der Waals surface area contributed by atoms with E-state index in [2.05, 4.69) is 21.3 Å². The average molecular weight is 423 g/mol. The van der Waals surface area contributed by atoms with E-state index < -0.39 is 11.8 Å². The summed E-state index contributed by atoms with van der Waals surface area (Å²) in [5, 5.41) is 8.68. The van der Waals surface area contributed by atoms with E-state index in [9.17, 15) is 14.4 Å². The molecular weight excluding hydrogens is 398 g/mol. The number of carbonyl (C=O) groups is 3. The molecule has 9 heteroatoms. The molecule has 1 heterocycles. The minimum atomic E-state index is -0.447. The van der Waals surface area contributed by atoms with Crippen molar-refractivity contribution in [2.45, 2.75) is 19.3 Å². The highest BCUT2D eigenvalue weighted by Gasteiger charge is 2.21. The first kappa shape index (κ1) is 21.8. The standard InChI is InChI=1S/C22H25N5O4/c1-31-18-9-7-17(8-10-18)23-15-21(29)25-24-20(28)11-12-22(30)27-14-13-19(26-27)16-5-3-2-4-6-16/h2-10,23H,11-15H2,1H3,(H,24,28)(H,25,29). The van der Waals surface area contributed by atoms with Crippen LogP contribution in [-0.4, -0.2) is 48.6 Å². The van der Waals surface area contributed by atoms with E-state index in [1.165, 1.54) is 5.01 Å². The molecule has 0 radical (unpaired) electrons. The van der Waals surface area contributed by atoms with Crippen molar-refractivity contribution < 1.29 is 19.1 Å². The van der Waals surface area contributed by atoms with Crippen molar-refractivity contribution in [2.24, 2.45) is 5.10 Å². The first-order valence-electron chi connectivity index (χ1n) is 9.94. The van der Waals surface area contributed by atoms with Gasteiger partial charge in [-0.3, -0.25) is 25.2 Å². The molecule has 3 amide bonds. The van der Waals surface area contributed by atoms with Gasteiger partial charge in [-0.25, -0.2) is 5.01 Å². The molecule has 162 valence electrons. The maximum absolute atomic E-state index is 12.3. The van der Waals surface area contributed by atoms with Gasteiger partial charge in [0, 0.05) is 24.9 Å². The Morgan fingerprint density at radius 1 is 0.968 bits per heavy atom. The second-order valence-corrected chi connectivity index (χ2v) is 6.86. The van der Waals surface area contributed by atoms with Crippen LogP contribution in [0, 0.1) is 0 Å². The Balaban J connectivity index is 1.34. The molecule has 3 N–H and O–H groups in total. The van der Waals surface area contributed by atoms with Gasteiger partial charge < -0.3 is 10.1 Å². The highest BCUT2D eigenvalue weighted by molar-refractivity contribution is 6.02. The summed E-state index contributed by atoms with van der Waals surface area (Å²) in [7, 11) is 1.58. The van der Waals surface area contributed by atoms with Crippen LogP contribution < -0.4 is 20.9 Å². The number of amides is 3. The fourth-order valence-electron chi connectivity index (χ4n) is 2.96. The number of nitrogens with one attached hydrogen (secondary N) is 3. The Hall–Kier alpha value is -3.88. The Morgan fingerprint density at radius 3 is 2.39 bits per heavy atom. The van der Waals surface area contributed by atoms with Crippen molar-refractivity contribution in [3.8, 4) is 5.75 Å². The van der Waals surface area contributed by atoms with Crippen LogP contribution in [0.15, 0.2) is 59.7 Å². The van der Waals surface area contributed by atoms with Crippen molar-refractivity contribution in [3.63, 3.8) is 0 Å². The zero-order valence-electron chi connectivity index (χ0n) is 17.3. The van der Waals surface area contributed by atoms with E-state index in [1.54, 1.807) is 31.4 Å². The fraction of sp³-hybridized carbons (Fsp3) is 0.273. The normalized spacial score (nSPS) is 12.7. The quantitative estimate of drug-likeness (QED) is 0.559. The minimum absolute atomic E-state index is 0.0113. The minimum Gasteiger partial charge on any atom is -0.497 e. The van der Waals surface area contributed by atoms with Gasteiger partial charge in [-0.05, 0) is 29.8 Å². The molecule has 0 saturated carbocycles. The number of ether oxygens (including phenoxy) is 1. The van der Waals surface area contributed by atoms with Crippen molar-refractivity contribution >= 4 is 29.1 Å². The van der Waals surface area contributed by atoms with Gasteiger partial charge in [-0.15, -0.1) is 0 Å². The van der Waals surface area contributed by atoms with Gasteiger partial charge in [0.1, 0.15) is 5.75 Å². The second kappa shape index (κ2) is 10.8. The number of methoxy groups -OCH3 is 1. The number of nitrogens with zero attached hydrogens (tertiary/aromatic N) is 2. The number of hydrogen-bond acceptors (Lipinski definition) is 6. The van der Waals surface area contributed by atoms with E-state index in [1.807, 2.05) is 30.3 Å². The Morgan fingerprint density at radius 2 is 1.68 bits per heavy atom. The summed E-state index contributed by atoms with van der Waals surface area (Å²) in [6.07, 6.45) is 0.647. The number of carbonyl (C=O) groups excluding carboxylic acids is 3. The molecule has 3 rings (SSSR count). The molecule has 0 unspecified atom stereocenters. The maximum atomic E-state index is 12.3. The van der Waals surface area contributed by atoms with Gasteiger partial charge >= 0.3 is 0 Å². The predicted molar refractivity (Wildman–Crippen MR) is 116 cm³/mol. The van der Waals surface area contributed by atoms with Crippen LogP contribution in [-0.2, 0) is 14.4 Å². The molecule has 0 bridgehead atoms. The summed E-state index contributed by atoms with van der Waals surface area (Å²) < 4.78 is 5.07.